The lowest BCUT2D eigenvalue weighted by Crippen LogP contribution is -2.17. The van der Waals surface area contributed by atoms with Crippen molar-refractivity contribution >= 4 is 0 Å². The first-order valence-corrected chi connectivity index (χ1v) is 4.77. The van der Waals surface area contributed by atoms with Gasteiger partial charge in [-0.3, -0.25) is 0 Å². The number of hydrogen-bond acceptors (Lipinski definition) is 4. The van der Waals surface area contributed by atoms with Gasteiger partial charge in [-0.1, -0.05) is 0 Å². The summed E-state index contributed by atoms with van der Waals surface area (Å²) in [7, 11) is 4.96. The molecule has 1 aromatic rings. The van der Waals surface area contributed by atoms with Crippen molar-refractivity contribution in [2.24, 2.45) is 0 Å². The third-order valence-electron chi connectivity index (χ3n) is 2.19. The highest BCUT2D eigenvalue weighted by Gasteiger charge is 2.13. The van der Waals surface area contributed by atoms with E-state index in [2.05, 4.69) is 5.32 Å². The molecule has 4 nitrogen and oxygen atoms in total. The Kier molecular flexibility index (Phi) is 4.39. The topological polar surface area (TPSA) is 50.7 Å². The summed E-state index contributed by atoms with van der Waals surface area (Å²) in [5.74, 6) is 1.37. The summed E-state index contributed by atoms with van der Waals surface area (Å²) < 4.78 is 10.3. The molecule has 2 N–H and O–H groups in total. The van der Waals surface area contributed by atoms with E-state index >= 15 is 0 Å². The number of hydrogen-bond donors (Lipinski definition) is 2. The number of benzene rings is 1. The van der Waals surface area contributed by atoms with Crippen molar-refractivity contribution in [2.45, 2.75) is 6.10 Å². The van der Waals surface area contributed by atoms with E-state index in [1.165, 1.54) is 0 Å². The van der Waals surface area contributed by atoms with Gasteiger partial charge in [0.2, 0.25) is 0 Å². The Balaban J connectivity index is 3.00. The molecule has 84 valence electrons. The van der Waals surface area contributed by atoms with Crippen molar-refractivity contribution in [2.75, 3.05) is 27.8 Å². The standard InChI is InChI=1S/C11H17NO3/c1-12-7-10(13)9-6-8(14-2)4-5-11(9)15-3/h4-6,10,12-13H,7H2,1-3H3. The molecule has 1 unspecified atom stereocenters. The first-order valence-electron chi connectivity index (χ1n) is 4.77. The first kappa shape index (κ1) is 11.8. The zero-order valence-electron chi connectivity index (χ0n) is 9.28. The molecule has 0 aromatic heterocycles. The fourth-order valence-electron chi connectivity index (χ4n) is 1.40. The monoisotopic (exact) mass is 211 g/mol. The van der Waals surface area contributed by atoms with Gasteiger partial charge >= 0.3 is 0 Å². The zero-order chi connectivity index (χ0) is 11.3. The molecule has 0 radical (unpaired) electrons. The Morgan fingerprint density at radius 2 is 2.07 bits per heavy atom. The summed E-state index contributed by atoms with van der Waals surface area (Å²) in [6.45, 7) is 0.476. The lowest BCUT2D eigenvalue weighted by atomic mass is 10.1. The molecule has 0 aliphatic rings. The molecule has 0 aliphatic carbocycles. The summed E-state index contributed by atoms with van der Waals surface area (Å²) in [6.07, 6.45) is -0.597. The average molecular weight is 211 g/mol. The lowest BCUT2D eigenvalue weighted by Gasteiger charge is -2.15. The molecule has 0 aliphatic heterocycles. The molecule has 1 atom stereocenters. The van der Waals surface area contributed by atoms with Crippen LogP contribution >= 0.6 is 0 Å². The highest BCUT2D eigenvalue weighted by atomic mass is 16.5. The van der Waals surface area contributed by atoms with Gasteiger partial charge in [0.25, 0.3) is 0 Å². The number of methoxy groups -OCH3 is 2. The number of likely N-dealkylation sites (N-methyl/N-ethyl adjacent to an activating group) is 1. The summed E-state index contributed by atoms with van der Waals surface area (Å²) in [5, 5.41) is 12.8. The molecule has 0 saturated heterocycles. The smallest absolute Gasteiger partial charge is 0.124 e. The summed E-state index contributed by atoms with van der Waals surface area (Å²) in [5.41, 5.74) is 0.728. The van der Waals surface area contributed by atoms with Gasteiger partial charge in [0.05, 0.1) is 20.3 Å². The van der Waals surface area contributed by atoms with Gasteiger partial charge in [0, 0.05) is 12.1 Å². The summed E-state index contributed by atoms with van der Waals surface area (Å²) >= 11 is 0. The van der Waals surface area contributed by atoms with Crippen molar-refractivity contribution in [3.63, 3.8) is 0 Å². The van der Waals surface area contributed by atoms with Crippen LogP contribution in [0.5, 0.6) is 11.5 Å². The van der Waals surface area contributed by atoms with Crippen molar-refractivity contribution in [1.29, 1.82) is 0 Å². The number of rotatable bonds is 5. The maximum atomic E-state index is 9.85. The van der Waals surface area contributed by atoms with Crippen LogP contribution in [0.3, 0.4) is 0 Å². The third kappa shape index (κ3) is 2.84. The second-order valence-electron chi connectivity index (χ2n) is 3.18. The quantitative estimate of drug-likeness (QED) is 0.761. The van der Waals surface area contributed by atoms with Crippen LogP contribution in [0.15, 0.2) is 18.2 Å². The lowest BCUT2D eigenvalue weighted by molar-refractivity contribution is 0.173. The Hall–Kier alpha value is -1.26. The maximum absolute atomic E-state index is 9.85. The van der Waals surface area contributed by atoms with E-state index in [1.54, 1.807) is 39.5 Å². The number of ether oxygens (including phenoxy) is 2. The first-order chi connectivity index (χ1) is 7.22. The van der Waals surface area contributed by atoms with E-state index < -0.39 is 6.10 Å². The predicted molar refractivity (Wildman–Crippen MR) is 58.4 cm³/mol. The summed E-state index contributed by atoms with van der Waals surface area (Å²) in [6, 6.07) is 5.36. The average Bonchev–Trinajstić information content (AvgIpc) is 2.28. The fraction of sp³-hybridized carbons (Fsp3) is 0.455. The number of nitrogens with one attached hydrogen (secondary N) is 1. The van der Waals surface area contributed by atoms with E-state index in [0.717, 1.165) is 5.56 Å². The van der Waals surface area contributed by atoms with E-state index in [0.29, 0.717) is 18.0 Å². The Bertz CT molecular complexity index is 315. The SMILES string of the molecule is CNCC(O)c1cc(OC)ccc1OC. The maximum Gasteiger partial charge on any atom is 0.124 e. The Labute approximate surface area is 89.8 Å². The van der Waals surface area contributed by atoms with Gasteiger partial charge in [0.15, 0.2) is 0 Å². The molecule has 1 rings (SSSR count). The number of aliphatic hydroxyl groups is 1. The van der Waals surface area contributed by atoms with E-state index in [9.17, 15) is 5.11 Å². The molecule has 0 bridgehead atoms. The molecule has 1 aromatic carbocycles. The highest BCUT2D eigenvalue weighted by Crippen LogP contribution is 2.28. The van der Waals surface area contributed by atoms with Crippen LogP contribution in [-0.2, 0) is 0 Å². The van der Waals surface area contributed by atoms with Crippen LogP contribution in [0.25, 0.3) is 0 Å². The van der Waals surface area contributed by atoms with E-state index in [4.69, 9.17) is 9.47 Å². The van der Waals surface area contributed by atoms with Crippen LogP contribution in [0.1, 0.15) is 11.7 Å². The minimum Gasteiger partial charge on any atom is -0.497 e. The van der Waals surface area contributed by atoms with Gasteiger partial charge in [-0.2, -0.15) is 0 Å². The number of aliphatic hydroxyl groups excluding tert-OH is 1. The normalized spacial score (nSPS) is 12.3. The minimum atomic E-state index is -0.597. The van der Waals surface area contributed by atoms with Gasteiger partial charge in [0.1, 0.15) is 11.5 Å². The van der Waals surface area contributed by atoms with Crippen molar-refractivity contribution in [3.8, 4) is 11.5 Å². The molecule has 0 fully saturated rings. The second-order valence-corrected chi connectivity index (χ2v) is 3.18. The van der Waals surface area contributed by atoms with Gasteiger partial charge in [-0.25, -0.2) is 0 Å². The van der Waals surface area contributed by atoms with E-state index in [-0.39, 0.29) is 0 Å². The summed E-state index contributed by atoms with van der Waals surface area (Å²) in [4.78, 5) is 0. The van der Waals surface area contributed by atoms with Crippen LogP contribution < -0.4 is 14.8 Å². The molecular formula is C11H17NO3. The van der Waals surface area contributed by atoms with Crippen LogP contribution in [0.2, 0.25) is 0 Å². The minimum absolute atomic E-state index is 0.476. The highest BCUT2D eigenvalue weighted by molar-refractivity contribution is 5.41. The van der Waals surface area contributed by atoms with Crippen molar-refractivity contribution < 1.29 is 14.6 Å². The molecule has 4 heteroatoms. The molecule has 0 spiro atoms. The van der Waals surface area contributed by atoms with Gasteiger partial charge in [-0.15, -0.1) is 0 Å². The van der Waals surface area contributed by atoms with Crippen molar-refractivity contribution in [3.05, 3.63) is 23.8 Å². The molecule has 15 heavy (non-hydrogen) atoms. The molecular weight excluding hydrogens is 194 g/mol. The van der Waals surface area contributed by atoms with Crippen LogP contribution in [0.4, 0.5) is 0 Å². The fourth-order valence-corrected chi connectivity index (χ4v) is 1.40. The van der Waals surface area contributed by atoms with Crippen molar-refractivity contribution in [1.82, 2.24) is 5.32 Å². The predicted octanol–water partition coefficient (Wildman–Crippen LogP) is 0.957. The van der Waals surface area contributed by atoms with Gasteiger partial charge < -0.3 is 19.9 Å². The molecule has 0 amide bonds. The zero-order valence-corrected chi connectivity index (χ0v) is 9.28. The van der Waals surface area contributed by atoms with E-state index in [1.807, 2.05) is 0 Å². The largest absolute Gasteiger partial charge is 0.497 e. The third-order valence-corrected chi connectivity index (χ3v) is 2.19. The Morgan fingerprint density at radius 1 is 1.33 bits per heavy atom. The van der Waals surface area contributed by atoms with Crippen LogP contribution in [-0.4, -0.2) is 32.9 Å². The van der Waals surface area contributed by atoms with Crippen LogP contribution in [0, 0.1) is 0 Å². The second kappa shape index (κ2) is 5.58. The van der Waals surface area contributed by atoms with Gasteiger partial charge in [-0.05, 0) is 25.2 Å². The molecule has 0 heterocycles. The molecule has 0 saturated carbocycles. The Morgan fingerprint density at radius 3 is 2.60 bits per heavy atom.